The minimum Gasteiger partial charge on any atom is -0.302 e. The Morgan fingerprint density at radius 1 is 1.06 bits per heavy atom. The SMILES string of the molecule is C#C.CSC1CCCN(CCCCN(c2cc(Cl)ccc2Cl)S(=O)(=O)c2ccc(Cl)cc2)C1. The molecule has 0 N–H and O–H groups in total. The van der Waals surface area contributed by atoms with Crippen LogP contribution in [0.25, 0.3) is 0 Å². The van der Waals surface area contributed by atoms with Gasteiger partial charge in [-0.3, -0.25) is 4.31 Å². The number of thioether (sulfide) groups is 1. The van der Waals surface area contributed by atoms with Crippen molar-refractivity contribution in [2.45, 2.75) is 35.8 Å². The fraction of sp³-hybridized carbons (Fsp3) is 0.417. The molecule has 2 aromatic carbocycles. The van der Waals surface area contributed by atoms with Crippen molar-refractivity contribution in [3.8, 4) is 12.8 Å². The molecule has 1 heterocycles. The first-order valence-electron chi connectivity index (χ1n) is 10.6. The molecular formula is C24H29Cl3N2O2S2. The zero-order valence-corrected chi connectivity index (χ0v) is 22.5. The molecule has 0 spiro atoms. The summed E-state index contributed by atoms with van der Waals surface area (Å²) < 4.78 is 28.3. The Hall–Kier alpha value is -1.07. The Balaban J connectivity index is 0.00000187. The van der Waals surface area contributed by atoms with E-state index in [1.54, 1.807) is 30.3 Å². The number of rotatable bonds is 9. The fourth-order valence-corrected chi connectivity index (χ4v) is 6.62. The third-order valence-corrected chi connectivity index (χ3v) is 9.15. The Morgan fingerprint density at radius 3 is 2.39 bits per heavy atom. The van der Waals surface area contributed by atoms with Crippen molar-refractivity contribution in [2.24, 2.45) is 0 Å². The second-order valence-corrected chi connectivity index (χ2v) is 11.9. The summed E-state index contributed by atoms with van der Waals surface area (Å²) in [6.45, 7) is 3.51. The number of likely N-dealkylation sites (tertiary alicyclic amines) is 1. The molecule has 1 saturated heterocycles. The highest BCUT2D eigenvalue weighted by molar-refractivity contribution is 7.99. The number of benzene rings is 2. The van der Waals surface area contributed by atoms with Crippen LogP contribution in [0.4, 0.5) is 5.69 Å². The molecule has 3 rings (SSSR count). The van der Waals surface area contributed by atoms with Crippen molar-refractivity contribution in [2.75, 3.05) is 36.7 Å². The summed E-state index contributed by atoms with van der Waals surface area (Å²) >= 11 is 20.4. The molecule has 4 nitrogen and oxygen atoms in total. The van der Waals surface area contributed by atoms with E-state index in [-0.39, 0.29) is 4.90 Å². The van der Waals surface area contributed by atoms with Crippen LogP contribution in [-0.4, -0.2) is 51.0 Å². The number of piperidine rings is 1. The van der Waals surface area contributed by atoms with Crippen LogP contribution in [0.5, 0.6) is 0 Å². The molecule has 1 aliphatic heterocycles. The van der Waals surface area contributed by atoms with Crippen LogP contribution in [0.3, 0.4) is 0 Å². The molecule has 0 saturated carbocycles. The summed E-state index contributed by atoms with van der Waals surface area (Å²) in [4.78, 5) is 2.65. The normalized spacial score (nSPS) is 16.6. The molecule has 0 radical (unpaired) electrons. The third kappa shape index (κ3) is 7.99. The van der Waals surface area contributed by atoms with Crippen molar-refractivity contribution in [1.82, 2.24) is 4.90 Å². The maximum Gasteiger partial charge on any atom is 0.264 e. The van der Waals surface area contributed by atoms with E-state index >= 15 is 0 Å². The van der Waals surface area contributed by atoms with Crippen molar-refractivity contribution in [3.63, 3.8) is 0 Å². The molecule has 0 amide bonds. The first kappa shape index (κ1) is 28.2. The fourth-order valence-electron chi connectivity index (χ4n) is 3.78. The smallest absolute Gasteiger partial charge is 0.264 e. The highest BCUT2D eigenvalue weighted by atomic mass is 35.5. The van der Waals surface area contributed by atoms with E-state index in [4.69, 9.17) is 34.8 Å². The zero-order chi connectivity index (χ0) is 24.4. The van der Waals surface area contributed by atoms with Crippen LogP contribution in [-0.2, 0) is 10.0 Å². The predicted octanol–water partition coefficient (Wildman–Crippen LogP) is 6.70. The topological polar surface area (TPSA) is 40.6 Å². The number of hydrogen-bond donors (Lipinski definition) is 0. The van der Waals surface area contributed by atoms with Crippen LogP contribution in [0.1, 0.15) is 25.7 Å². The van der Waals surface area contributed by atoms with Gasteiger partial charge in [-0.25, -0.2) is 8.42 Å². The van der Waals surface area contributed by atoms with Crippen LogP contribution in [0.2, 0.25) is 15.1 Å². The number of anilines is 1. The first-order valence-corrected chi connectivity index (χ1v) is 14.5. The van der Waals surface area contributed by atoms with Crippen molar-refractivity contribution in [3.05, 3.63) is 57.5 Å². The largest absolute Gasteiger partial charge is 0.302 e. The standard InChI is InChI=1S/C22H27Cl3N2O2S2.C2H2/c1-30-19-5-4-13-26(16-19)12-2-3-14-27(22-15-18(24)8-11-21(22)25)31(28,29)20-9-6-17(23)7-10-20;1-2/h6-11,15,19H,2-5,12-14,16H2,1H3;1-2H. The highest BCUT2D eigenvalue weighted by Gasteiger charge is 2.27. The maximum atomic E-state index is 13.5. The van der Waals surface area contributed by atoms with E-state index in [9.17, 15) is 8.42 Å². The lowest BCUT2D eigenvalue weighted by Crippen LogP contribution is -2.38. The van der Waals surface area contributed by atoms with E-state index in [1.807, 2.05) is 11.8 Å². The number of sulfonamides is 1. The molecule has 0 bridgehead atoms. The summed E-state index contributed by atoms with van der Waals surface area (Å²) in [7, 11) is -3.81. The second-order valence-electron chi connectivity index (χ2n) is 7.63. The summed E-state index contributed by atoms with van der Waals surface area (Å²) in [6.07, 6.45) is 14.3. The van der Waals surface area contributed by atoms with Gasteiger partial charge >= 0.3 is 0 Å². The average molecular weight is 548 g/mol. The Labute approximate surface area is 217 Å². The lowest BCUT2D eigenvalue weighted by Gasteiger charge is -2.32. The molecule has 0 aromatic heterocycles. The van der Waals surface area contributed by atoms with E-state index in [0.717, 1.165) is 32.5 Å². The zero-order valence-electron chi connectivity index (χ0n) is 18.6. The predicted molar refractivity (Wildman–Crippen MR) is 145 cm³/mol. The number of terminal acetylenes is 1. The van der Waals surface area contributed by atoms with Crippen molar-refractivity contribution >= 4 is 62.3 Å². The molecule has 1 atom stereocenters. The average Bonchev–Trinajstić information content (AvgIpc) is 2.82. The number of nitrogens with zero attached hydrogens (tertiary/aromatic N) is 2. The van der Waals surface area contributed by atoms with Gasteiger partial charge in [0.05, 0.1) is 15.6 Å². The summed E-state index contributed by atoms with van der Waals surface area (Å²) in [5.41, 5.74) is 0.393. The lowest BCUT2D eigenvalue weighted by atomic mass is 10.1. The maximum absolute atomic E-state index is 13.5. The van der Waals surface area contributed by atoms with Gasteiger partial charge in [0.15, 0.2) is 0 Å². The van der Waals surface area contributed by atoms with E-state index < -0.39 is 10.0 Å². The Kier molecular flexibility index (Phi) is 11.7. The van der Waals surface area contributed by atoms with Gasteiger partial charge < -0.3 is 4.90 Å². The minimum absolute atomic E-state index is 0.173. The van der Waals surface area contributed by atoms with Gasteiger partial charge in [0.2, 0.25) is 0 Å². The highest BCUT2D eigenvalue weighted by Crippen LogP contribution is 2.33. The van der Waals surface area contributed by atoms with Gasteiger partial charge in [0.1, 0.15) is 0 Å². The monoisotopic (exact) mass is 546 g/mol. The van der Waals surface area contributed by atoms with Gasteiger partial charge in [-0.1, -0.05) is 34.8 Å². The van der Waals surface area contributed by atoms with Crippen LogP contribution in [0, 0.1) is 12.8 Å². The van der Waals surface area contributed by atoms with Crippen molar-refractivity contribution in [1.29, 1.82) is 0 Å². The van der Waals surface area contributed by atoms with E-state index in [1.165, 1.54) is 29.3 Å². The Bertz CT molecular complexity index is 1010. The summed E-state index contributed by atoms with van der Waals surface area (Å²) in [5, 5.41) is 1.96. The van der Waals surface area contributed by atoms with Crippen LogP contribution >= 0.6 is 46.6 Å². The van der Waals surface area contributed by atoms with E-state index in [2.05, 4.69) is 24.0 Å². The molecule has 180 valence electrons. The number of unbranched alkanes of at least 4 members (excludes halogenated alkanes) is 1. The van der Waals surface area contributed by atoms with Gasteiger partial charge in [0, 0.05) is 28.4 Å². The third-order valence-electron chi connectivity index (χ3n) is 5.46. The van der Waals surface area contributed by atoms with Gasteiger partial charge in [-0.15, -0.1) is 12.8 Å². The molecular weight excluding hydrogens is 519 g/mol. The number of hydrogen-bond acceptors (Lipinski definition) is 4. The Morgan fingerprint density at radius 2 is 1.73 bits per heavy atom. The number of halogens is 3. The molecule has 2 aromatic rings. The second kappa shape index (κ2) is 13.7. The summed E-state index contributed by atoms with van der Waals surface area (Å²) in [5.74, 6) is 0. The minimum atomic E-state index is -3.81. The molecule has 9 heteroatoms. The first-order chi connectivity index (χ1) is 15.8. The molecule has 1 aliphatic rings. The molecule has 1 unspecified atom stereocenters. The van der Waals surface area contributed by atoms with Gasteiger partial charge in [-0.05, 0) is 87.5 Å². The summed E-state index contributed by atoms with van der Waals surface area (Å²) in [6, 6.07) is 11.1. The molecule has 0 aliphatic carbocycles. The van der Waals surface area contributed by atoms with E-state index in [0.29, 0.717) is 32.5 Å². The lowest BCUT2D eigenvalue weighted by molar-refractivity contribution is 0.230. The quantitative estimate of drug-likeness (QED) is 0.259. The molecule has 33 heavy (non-hydrogen) atoms. The van der Waals surface area contributed by atoms with Crippen LogP contribution in [0.15, 0.2) is 47.4 Å². The van der Waals surface area contributed by atoms with Crippen molar-refractivity contribution < 1.29 is 8.42 Å². The van der Waals surface area contributed by atoms with Gasteiger partial charge in [0.25, 0.3) is 10.0 Å². The van der Waals surface area contributed by atoms with Gasteiger partial charge in [-0.2, -0.15) is 11.8 Å². The molecule has 1 fully saturated rings. The van der Waals surface area contributed by atoms with Crippen LogP contribution < -0.4 is 4.31 Å².